The Bertz CT molecular complexity index is 359. The zero-order valence-electron chi connectivity index (χ0n) is 11.0. The molecular formula is C14H22O2. The lowest BCUT2D eigenvalue weighted by Crippen LogP contribution is -2.62. The summed E-state index contributed by atoms with van der Waals surface area (Å²) in [6, 6.07) is 0. The summed E-state index contributed by atoms with van der Waals surface area (Å²) >= 11 is 0. The fraction of sp³-hybridized carbons (Fsp3) is 0.714. The molecule has 0 radical (unpaired) electrons. The molecule has 2 nitrogen and oxygen atoms in total. The van der Waals surface area contributed by atoms with E-state index in [1.165, 1.54) is 0 Å². The highest BCUT2D eigenvalue weighted by atomic mass is 16.5. The first kappa shape index (κ1) is 13.3. The first-order valence-electron chi connectivity index (χ1n) is 5.90. The van der Waals surface area contributed by atoms with Gasteiger partial charge < -0.3 is 9.84 Å². The van der Waals surface area contributed by atoms with Crippen LogP contribution >= 0.6 is 0 Å². The molecule has 0 saturated carbocycles. The van der Waals surface area contributed by atoms with Crippen LogP contribution in [-0.4, -0.2) is 23.4 Å². The molecule has 0 saturated heterocycles. The van der Waals surface area contributed by atoms with Gasteiger partial charge in [0, 0.05) is 13.5 Å². The Labute approximate surface area is 98.7 Å². The fourth-order valence-corrected chi connectivity index (χ4v) is 2.17. The van der Waals surface area contributed by atoms with E-state index in [0.717, 1.165) is 30.4 Å². The maximum Gasteiger partial charge on any atom is 0.179 e. The lowest BCUT2D eigenvalue weighted by atomic mass is 9.62. The van der Waals surface area contributed by atoms with E-state index in [9.17, 15) is 5.11 Å². The third kappa shape index (κ3) is 1.69. The Morgan fingerprint density at radius 3 is 2.44 bits per heavy atom. The highest BCUT2D eigenvalue weighted by molar-refractivity contribution is 5.53. The number of aliphatic hydroxyl groups is 1. The molecule has 1 rings (SSSR count). The third-order valence-corrected chi connectivity index (χ3v) is 3.84. The van der Waals surface area contributed by atoms with Gasteiger partial charge in [0.05, 0.1) is 0 Å². The summed E-state index contributed by atoms with van der Waals surface area (Å²) < 4.78 is 5.42. The average Bonchev–Trinajstić information content (AvgIpc) is 2.31. The van der Waals surface area contributed by atoms with Gasteiger partial charge in [0.15, 0.2) is 5.60 Å². The van der Waals surface area contributed by atoms with Gasteiger partial charge in [0.1, 0.15) is 5.60 Å². The summed E-state index contributed by atoms with van der Waals surface area (Å²) in [5, 5.41) is 10.5. The summed E-state index contributed by atoms with van der Waals surface area (Å²) in [6.45, 7) is 7.93. The van der Waals surface area contributed by atoms with E-state index < -0.39 is 11.2 Å². The molecule has 0 aromatic heterocycles. The first-order valence-corrected chi connectivity index (χ1v) is 5.90. The van der Waals surface area contributed by atoms with Gasteiger partial charge in [-0.15, -0.1) is 0 Å². The lowest BCUT2D eigenvalue weighted by molar-refractivity contribution is -0.111. The second-order valence-corrected chi connectivity index (χ2v) is 4.60. The minimum Gasteiger partial charge on any atom is -0.371 e. The summed E-state index contributed by atoms with van der Waals surface area (Å²) in [4.78, 5) is 0. The van der Waals surface area contributed by atoms with Gasteiger partial charge in [-0.2, -0.15) is 0 Å². The minimum atomic E-state index is -1.10. The number of hydrogen-bond acceptors (Lipinski definition) is 2. The van der Waals surface area contributed by atoms with Crippen molar-refractivity contribution in [1.29, 1.82) is 0 Å². The van der Waals surface area contributed by atoms with Crippen molar-refractivity contribution in [3.05, 3.63) is 11.1 Å². The molecule has 0 bridgehead atoms. The fourth-order valence-electron chi connectivity index (χ4n) is 2.17. The number of methoxy groups -OCH3 is 1. The Kier molecular flexibility index (Phi) is 3.83. The maximum absolute atomic E-state index is 10.5. The molecule has 1 aliphatic rings. The van der Waals surface area contributed by atoms with Crippen molar-refractivity contribution in [3.63, 3.8) is 0 Å². The number of rotatable bonds is 3. The van der Waals surface area contributed by atoms with Gasteiger partial charge in [0.2, 0.25) is 0 Å². The van der Waals surface area contributed by atoms with E-state index in [2.05, 4.69) is 18.8 Å². The maximum atomic E-state index is 10.5. The average molecular weight is 222 g/mol. The van der Waals surface area contributed by atoms with Crippen molar-refractivity contribution >= 4 is 0 Å². The summed E-state index contributed by atoms with van der Waals surface area (Å²) in [7, 11) is 1.62. The van der Waals surface area contributed by atoms with Crippen molar-refractivity contribution in [2.45, 2.75) is 58.2 Å². The molecule has 90 valence electrons. The van der Waals surface area contributed by atoms with Crippen LogP contribution in [0, 0.1) is 11.8 Å². The first-order chi connectivity index (χ1) is 7.44. The monoisotopic (exact) mass is 222 g/mol. The van der Waals surface area contributed by atoms with Gasteiger partial charge >= 0.3 is 0 Å². The van der Waals surface area contributed by atoms with E-state index in [0.29, 0.717) is 0 Å². The van der Waals surface area contributed by atoms with E-state index >= 15 is 0 Å². The summed E-state index contributed by atoms with van der Waals surface area (Å²) in [6.07, 6.45) is 3.04. The topological polar surface area (TPSA) is 29.5 Å². The summed E-state index contributed by atoms with van der Waals surface area (Å²) in [5.74, 6) is 6.03. The van der Waals surface area contributed by atoms with Gasteiger partial charge in [-0.25, -0.2) is 0 Å². The molecule has 0 aromatic rings. The number of ether oxygens (including phenoxy) is 1. The predicted octanol–water partition coefficient (Wildman–Crippen LogP) is 2.67. The molecule has 2 atom stereocenters. The van der Waals surface area contributed by atoms with Gasteiger partial charge in [-0.3, -0.25) is 0 Å². The van der Waals surface area contributed by atoms with Crippen LogP contribution in [-0.2, 0) is 4.74 Å². The Morgan fingerprint density at radius 1 is 1.31 bits per heavy atom. The predicted molar refractivity (Wildman–Crippen MR) is 66.0 cm³/mol. The molecule has 0 heterocycles. The molecular weight excluding hydrogens is 200 g/mol. The van der Waals surface area contributed by atoms with Crippen LogP contribution in [0.15, 0.2) is 11.1 Å². The summed E-state index contributed by atoms with van der Waals surface area (Å²) in [5.41, 5.74) is 0.277. The molecule has 0 fully saturated rings. The standard InChI is InChI=1S/C14H22O2/c1-6-7-8-9-10-14(15)12(3)11(2)13(14,4)16-5/h15H,6-8H2,1-5H3/t13-,14+/m1/s1. The molecule has 0 amide bonds. The second-order valence-electron chi connectivity index (χ2n) is 4.60. The SMILES string of the molecule is CCCCC#C[C@]1(O)C(C)=C(C)[C@@]1(C)OC. The normalized spacial score (nSPS) is 33.1. The van der Waals surface area contributed by atoms with Gasteiger partial charge in [-0.05, 0) is 38.3 Å². The Balaban J connectivity index is 2.89. The van der Waals surface area contributed by atoms with E-state index in [1.54, 1.807) is 7.11 Å². The van der Waals surface area contributed by atoms with E-state index in [-0.39, 0.29) is 0 Å². The molecule has 1 N–H and O–H groups in total. The lowest BCUT2D eigenvalue weighted by Gasteiger charge is -2.51. The Hall–Kier alpha value is -0.780. The van der Waals surface area contributed by atoms with Crippen molar-refractivity contribution < 1.29 is 9.84 Å². The highest BCUT2D eigenvalue weighted by Gasteiger charge is 2.58. The van der Waals surface area contributed by atoms with Crippen LogP contribution in [0.4, 0.5) is 0 Å². The van der Waals surface area contributed by atoms with Gasteiger partial charge in [0.25, 0.3) is 0 Å². The van der Waals surface area contributed by atoms with Gasteiger partial charge in [-0.1, -0.05) is 25.2 Å². The van der Waals surface area contributed by atoms with Crippen LogP contribution in [0.2, 0.25) is 0 Å². The van der Waals surface area contributed by atoms with Crippen LogP contribution < -0.4 is 0 Å². The molecule has 2 heteroatoms. The number of unbranched alkanes of at least 4 members (excludes halogenated alkanes) is 2. The van der Waals surface area contributed by atoms with Crippen molar-refractivity contribution in [2.75, 3.05) is 7.11 Å². The molecule has 0 aliphatic heterocycles. The molecule has 1 aliphatic carbocycles. The molecule has 0 aromatic carbocycles. The number of hydrogen-bond donors (Lipinski definition) is 1. The van der Waals surface area contributed by atoms with E-state index in [1.807, 2.05) is 20.8 Å². The van der Waals surface area contributed by atoms with Crippen LogP contribution in [0.5, 0.6) is 0 Å². The third-order valence-electron chi connectivity index (χ3n) is 3.84. The highest BCUT2D eigenvalue weighted by Crippen LogP contribution is 2.49. The zero-order chi connectivity index (χ0) is 12.4. The Morgan fingerprint density at radius 2 is 1.94 bits per heavy atom. The minimum absolute atomic E-state index is 0.643. The smallest absolute Gasteiger partial charge is 0.179 e. The van der Waals surface area contributed by atoms with Crippen LogP contribution in [0.25, 0.3) is 0 Å². The van der Waals surface area contributed by atoms with E-state index in [4.69, 9.17) is 4.74 Å². The zero-order valence-corrected chi connectivity index (χ0v) is 11.0. The largest absolute Gasteiger partial charge is 0.371 e. The van der Waals surface area contributed by atoms with Crippen molar-refractivity contribution in [3.8, 4) is 11.8 Å². The second kappa shape index (κ2) is 4.61. The van der Waals surface area contributed by atoms with Crippen LogP contribution in [0.3, 0.4) is 0 Å². The quantitative estimate of drug-likeness (QED) is 0.452. The van der Waals surface area contributed by atoms with Crippen molar-refractivity contribution in [1.82, 2.24) is 0 Å². The van der Waals surface area contributed by atoms with Crippen LogP contribution in [0.1, 0.15) is 47.0 Å². The molecule has 0 spiro atoms. The van der Waals surface area contributed by atoms with Crippen molar-refractivity contribution in [2.24, 2.45) is 0 Å². The molecule has 0 unspecified atom stereocenters. The molecule has 16 heavy (non-hydrogen) atoms.